The summed E-state index contributed by atoms with van der Waals surface area (Å²) in [6.45, 7) is 9.32. The Morgan fingerprint density at radius 3 is 2.86 bits per heavy atom. The first kappa shape index (κ1) is 24.2. The number of rotatable bonds is 10. The Balaban J connectivity index is 0.00000300. The van der Waals surface area contributed by atoms with E-state index >= 15 is 0 Å². The molecule has 2 fully saturated rings. The third-order valence-electron chi connectivity index (χ3n) is 5.34. The molecule has 3 rings (SSSR count). The van der Waals surface area contributed by atoms with Crippen LogP contribution in [0.15, 0.2) is 35.3 Å². The van der Waals surface area contributed by atoms with Crippen molar-refractivity contribution in [2.45, 2.75) is 38.7 Å². The molecule has 0 radical (unpaired) electrons. The van der Waals surface area contributed by atoms with Gasteiger partial charge in [-0.1, -0.05) is 18.2 Å². The Hall–Kier alpha value is -1.06. The van der Waals surface area contributed by atoms with Crippen LogP contribution >= 0.6 is 24.0 Å². The first-order chi connectivity index (χ1) is 13.8. The van der Waals surface area contributed by atoms with Gasteiger partial charge in [0.25, 0.3) is 0 Å². The first-order valence-corrected chi connectivity index (χ1v) is 10.9. The standard InChI is InChI=1S/C22H36N4O2.HI/c1-2-23-22(24-12-7-14-27-18-21-10-6-15-28-21)25-16-19-11-13-26(17-19)20-8-4-3-5-9-20;/h3-5,8-9,19,21H,2,6-7,10-18H2,1H3,(H2,23,24,25);1H. The van der Waals surface area contributed by atoms with E-state index in [-0.39, 0.29) is 24.0 Å². The Morgan fingerprint density at radius 1 is 1.24 bits per heavy atom. The SMILES string of the molecule is CCNC(=NCC1CCN(c2ccccc2)C1)NCCCOCC1CCCO1.I. The highest BCUT2D eigenvalue weighted by Crippen LogP contribution is 2.23. The van der Waals surface area contributed by atoms with Crippen molar-refractivity contribution < 1.29 is 9.47 Å². The number of anilines is 1. The average Bonchev–Trinajstić information content (AvgIpc) is 3.41. The Bertz CT molecular complexity index is 581. The van der Waals surface area contributed by atoms with Gasteiger partial charge in [-0.05, 0) is 50.7 Å². The molecule has 0 bridgehead atoms. The van der Waals surface area contributed by atoms with Gasteiger partial charge in [0.05, 0.1) is 12.7 Å². The highest BCUT2D eigenvalue weighted by Gasteiger charge is 2.22. The van der Waals surface area contributed by atoms with Crippen LogP contribution in [0.1, 0.15) is 32.6 Å². The number of ether oxygens (including phenoxy) is 2. The Kier molecular flexibility index (Phi) is 11.7. The van der Waals surface area contributed by atoms with Gasteiger partial charge < -0.3 is 25.0 Å². The molecule has 0 aromatic heterocycles. The van der Waals surface area contributed by atoms with Crippen LogP contribution in [0.25, 0.3) is 0 Å². The molecule has 0 spiro atoms. The third-order valence-corrected chi connectivity index (χ3v) is 5.34. The highest BCUT2D eigenvalue weighted by molar-refractivity contribution is 14.0. The molecule has 1 aromatic rings. The number of nitrogens with one attached hydrogen (secondary N) is 2. The molecular formula is C22H37IN4O2. The van der Waals surface area contributed by atoms with Crippen LogP contribution in [0.4, 0.5) is 5.69 Å². The van der Waals surface area contributed by atoms with E-state index in [4.69, 9.17) is 14.5 Å². The normalized spacial score (nSPS) is 21.8. The minimum absolute atomic E-state index is 0. The quantitative estimate of drug-likeness (QED) is 0.217. The van der Waals surface area contributed by atoms with E-state index in [0.717, 1.165) is 71.3 Å². The molecule has 1 aromatic carbocycles. The highest BCUT2D eigenvalue weighted by atomic mass is 127. The van der Waals surface area contributed by atoms with E-state index in [0.29, 0.717) is 12.0 Å². The van der Waals surface area contributed by atoms with E-state index in [1.807, 2.05) is 0 Å². The zero-order valence-corrected chi connectivity index (χ0v) is 20.0. The van der Waals surface area contributed by atoms with Gasteiger partial charge in [-0.2, -0.15) is 0 Å². The minimum atomic E-state index is 0. The van der Waals surface area contributed by atoms with Gasteiger partial charge in [0.15, 0.2) is 5.96 Å². The maximum atomic E-state index is 5.72. The molecule has 2 unspecified atom stereocenters. The molecule has 0 aliphatic carbocycles. The molecule has 6 nitrogen and oxygen atoms in total. The smallest absolute Gasteiger partial charge is 0.191 e. The molecule has 2 heterocycles. The number of hydrogen-bond donors (Lipinski definition) is 2. The predicted octanol–water partition coefficient (Wildman–Crippen LogP) is 3.27. The summed E-state index contributed by atoms with van der Waals surface area (Å²) in [6.07, 6.45) is 4.80. The van der Waals surface area contributed by atoms with E-state index in [1.165, 1.54) is 18.5 Å². The monoisotopic (exact) mass is 516 g/mol. The van der Waals surface area contributed by atoms with Crippen molar-refractivity contribution in [3.05, 3.63) is 30.3 Å². The predicted molar refractivity (Wildman–Crippen MR) is 131 cm³/mol. The molecule has 2 aliphatic rings. The maximum Gasteiger partial charge on any atom is 0.191 e. The molecule has 2 atom stereocenters. The summed E-state index contributed by atoms with van der Waals surface area (Å²) in [4.78, 5) is 7.28. The van der Waals surface area contributed by atoms with Gasteiger partial charge in [-0.3, -0.25) is 4.99 Å². The summed E-state index contributed by atoms with van der Waals surface area (Å²) in [5.74, 6) is 1.53. The van der Waals surface area contributed by atoms with Gasteiger partial charge in [-0.15, -0.1) is 24.0 Å². The van der Waals surface area contributed by atoms with Gasteiger partial charge in [0, 0.05) is 51.6 Å². The third kappa shape index (κ3) is 8.68. The second-order valence-corrected chi connectivity index (χ2v) is 7.65. The molecule has 0 amide bonds. The van der Waals surface area contributed by atoms with Crippen LogP contribution in [0, 0.1) is 5.92 Å². The zero-order valence-electron chi connectivity index (χ0n) is 17.6. The summed E-state index contributed by atoms with van der Waals surface area (Å²) < 4.78 is 11.3. The second-order valence-electron chi connectivity index (χ2n) is 7.65. The zero-order chi connectivity index (χ0) is 19.4. The van der Waals surface area contributed by atoms with E-state index < -0.39 is 0 Å². The van der Waals surface area contributed by atoms with Crippen LogP contribution in [-0.4, -0.2) is 64.6 Å². The number of para-hydroxylation sites is 1. The minimum Gasteiger partial charge on any atom is -0.379 e. The largest absolute Gasteiger partial charge is 0.379 e. The summed E-state index contributed by atoms with van der Waals surface area (Å²) in [5, 5.41) is 6.78. The van der Waals surface area contributed by atoms with Crippen LogP contribution in [0.3, 0.4) is 0 Å². The van der Waals surface area contributed by atoms with E-state index in [9.17, 15) is 0 Å². The lowest BCUT2D eigenvalue weighted by Crippen LogP contribution is -2.38. The van der Waals surface area contributed by atoms with E-state index in [1.54, 1.807) is 0 Å². The van der Waals surface area contributed by atoms with Gasteiger partial charge in [-0.25, -0.2) is 0 Å². The first-order valence-electron chi connectivity index (χ1n) is 10.9. The molecule has 0 saturated carbocycles. The van der Waals surface area contributed by atoms with E-state index in [2.05, 4.69) is 52.8 Å². The number of aliphatic imine (C=N–C) groups is 1. The lowest BCUT2D eigenvalue weighted by Gasteiger charge is -2.18. The summed E-state index contributed by atoms with van der Waals surface area (Å²) in [5.41, 5.74) is 1.32. The summed E-state index contributed by atoms with van der Waals surface area (Å²) >= 11 is 0. The van der Waals surface area contributed by atoms with Crippen LogP contribution in [0.5, 0.6) is 0 Å². The fraction of sp³-hybridized carbons (Fsp3) is 0.682. The van der Waals surface area contributed by atoms with Crippen molar-refractivity contribution in [3.63, 3.8) is 0 Å². The fourth-order valence-electron chi connectivity index (χ4n) is 3.79. The number of halogens is 1. The lowest BCUT2D eigenvalue weighted by molar-refractivity contribution is 0.0168. The number of hydrogen-bond acceptors (Lipinski definition) is 4. The molecule has 2 N–H and O–H groups in total. The lowest BCUT2D eigenvalue weighted by atomic mass is 10.1. The van der Waals surface area contributed by atoms with Crippen molar-refractivity contribution in [3.8, 4) is 0 Å². The number of guanidine groups is 1. The molecular weight excluding hydrogens is 479 g/mol. The van der Waals surface area contributed by atoms with Crippen LogP contribution in [-0.2, 0) is 9.47 Å². The molecule has 7 heteroatoms. The topological polar surface area (TPSA) is 58.1 Å². The van der Waals surface area contributed by atoms with Crippen molar-refractivity contribution >= 4 is 35.6 Å². The number of benzene rings is 1. The molecule has 2 aliphatic heterocycles. The molecule has 29 heavy (non-hydrogen) atoms. The Morgan fingerprint density at radius 2 is 2.10 bits per heavy atom. The van der Waals surface area contributed by atoms with Crippen LogP contribution < -0.4 is 15.5 Å². The van der Waals surface area contributed by atoms with Gasteiger partial charge in [0.1, 0.15) is 0 Å². The van der Waals surface area contributed by atoms with Crippen LogP contribution in [0.2, 0.25) is 0 Å². The second kappa shape index (κ2) is 14.0. The summed E-state index contributed by atoms with van der Waals surface area (Å²) in [6, 6.07) is 10.7. The average molecular weight is 516 g/mol. The van der Waals surface area contributed by atoms with Crippen molar-refractivity contribution in [2.75, 3.05) is 57.4 Å². The fourth-order valence-corrected chi connectivity index (χ4v) is 3.79. The maximum absolute atomic E-state index is 5.72. The van der Waals surface area contributed by atoms with Gasteiger partial charge in [0.2, 0.25) is 0 Å². The van der Waals surface area contributed by atoms with Gasteiger partial charge >= 0.3 is 0 Å². The van der Waals surface area contributed by atoms with Crippen molar-refractivity contribution in [2.24, 2.45) is 10.9 Å². The Labute approximate surface area is 192 Å². The molecule has 2 saturated heterocycles. The summed E-state index contributed by atoms with van der Waals surface area (Å²) in [7, 11) is 0. The number of nitrogens with zero attached hydrogens (tertiary/aromatic N) is 2. The van der Waals surface area contributed by atoms with Crippen molar-refractivity contribution in [1.29, 1.82) is 0 Å². The molecule has 164 valence electrons. The van der Waals surface area contributed by atoms with Crippen molar-refractivity contribution in [1.82, 2.24) is 10.6 Å².